The fraction of sp³-hybridized carbons (Fsp3) is 0.375. The van der Waals surface area contributed by atoms with Crippen molar-refractivity contribution in [2.45, 2.75) is 52.0 Å². The molecule has 0 saturated heterocycles. The van der Waals surface area contributed by atoms with Crippen molar-refractivity contribution in [3.63, 3.8) is 0 Å². The van der Waals surface area contributed by atoms with Crippen LogP contribution < -0.4 is 5.56 Å². The molecule has 0 fully saturated rings. The van der Waals surface area contributed by atoms with Gasteiger partial charge in [-0.2, -0.15) is 0 Å². The van der Waals surface area contributed by atoms with E-state index in [0.29, 0.717) is 35.1 Å². The summed E-state index contributed by atoms with van der Waals surface area (Å²) < 4.78 is 1.71. The predicted octanol–water partition coefficient (Wildman–Crippen LogP) is 4.58. The van der Waals surface area contributed by atoms with Crippen molar-refractivity contribution in [1.82, 2.24) is 14.5 Å². The topological polar surface area (TPSA) is 55.2 Å². The molecule has 0 aliphatic rings. The van der Waals surface area contributed by atoms with Crippen molar-refractivity contribution in [2.24, 2.45) is 5.92 Å². The zero-order valence-electron chi connectivity index (χ0n) is 18.0. The zero-order valence-corrected chi connectivity index (χ0v) is 18.9. The van der Waals surface area contributed by atoms with Crippen LogP contribution in [0.4, 0.5) is 0 Å². The second kappa shape index (κ2) is 9.94. The number of hydrogen-bond acceptors (Lipinski definition) is 4. The number of rotatable bonds is 8. The van der Waals surface area contributed by atoms with Crippen molar-refractivity contribution in [1.29, 1.82) is 0 Å². The Morgan fingerprint density at radius 3 is 2.37 bits per heavy atom. The maximum atomic E-state index is 13.0. The molecule has 0 radical (unpaired) electrons. The molecule has 3 aromatic rings. The van der Waals surface area contributed by atoms with Crippen LogP contribution in [-0.2, 0) is 17.9 Å². The molecule has 0 unspecified atom stereocenters. The van der Waals surface area contributed by atoms with Gasteiger partial charge in [0.2, 0.25) is 5.91 Å². The molecule has 0 aliphatic carbocycles. The lowest BCUT2D eigenvalue weighted by atomic mass is 10.2. The average Bonchev–Trinajstić information content (AvgIpc) is 2.73. The summed E-state index contributed by atoms with van der Waals surface area (Å²) in [5.74, 6) is 0.580. The van der Waals surface area contributed by atoms with Crippen LogP contribution in [0.2, 0.25) is 0 Å². The number of benzene rings is 2. The second-order valence-corrected chi connectivity index (χ2v) is 9.05. The molecule has 1 heterocycles. The highest BCUT2D eigenvalue weighted by atomic mass is 32.2. The van der Waals surface area contributed by atoms with E-state index in [-0.39, 0.29) is 23.3 Å². The molecule has 0 atom stereocenters. The number of amides is 1. The van der Waals surface area contributed by atoms with Crippen LogP contribution in [0.25, 0.3) is 10.9 Å². The van der Waals surface area contributed by atoms with Crippen LogP contribution in [0, 0.1) is 5.92 Å². The molecule has 1 amide bonds. The first-order valence-corrected chi connectivity index (χ1v) is 11.3. The van der Waals surface area contributed by atoms with Crippen molar-refractivity contribution in [3.8, 4) is 0 Å². The van der Waals surface area contributed by atoms with Crippen LogP contribution in [-0.4, -0.2) is 32.2 Å². The summed E-state index contributed by atoms with van der Waals surface area (Å²) in [6, 6.07) is 17.5. The number of fused-ring (bicyclic) bond motifs is 1. The fourth-order valence-corrected chi connectivity index (χ4v) is 4.23. The molecule has 2 aromatic carbocycles. The first kappa shape index (κ1) is 22.1. The highest BCUT2D eigenvalue weighted by Gasteiger charge is 2.20. The molecular weight excluding hydrogens is 394 g/mol. The summed E-state index contributed by atoms with van der Waals surface area (Å²) >= 11 is 1.34. The summed E-state index contributed by atoms with van der Waals surface area (Å²) in [7, 11) is 0. The Bertz CT molecular complexity index is 1060. The minimum atomic E-state index is -0.0470. The third-order valence-electron chi connectivity index (χ3n) is 4.84. The number of thioether (sulfide) groups is 1. The molecule has 0 N–H and O–H groups in total. The Labute approximate surface area is 182 Å². The van der Waals surface area contributed by atoms with Gasteiger partial charge < -0.3 is 4.90 Å². The van der Waals surface area contributed by atoms with Crippen molar-refractivity contribution in [3.05, 3.63) is 70.5 Å². The number of carbonyl (C=O) groups excluding carboxylic acids is 1. The average molecular weight is 424 g/mol. The summed E-state index contributed by atoms with van der Waals surface area (Å²) in [5, 5.41) is 1.21. The molecular formula is C24H29N3O2S. The Hall–Kier alpha value is -2.60. The second-order valence-electron chi connectivity index (χ2n) is 8.11. The quantitative estimate of drug-likeness (QED) is 0.393. The van der Waals surface area contributed by atoms with Gasteiger partial charge in [-0.1, -0.05) is 68.1 Å². The molecule has 30 heavy (non-hydrogen) atoms. The van der Waals surface area contributed by atoms with E-state index >= 15 is 0 Å². The minimum Gasteiger partial charge on any atom is -0.335 e. The van der Waals surface area contributed by atoms with Gasteiger partial charge in [-0.05, 0) is 37.5 Å². The van der Waals surface area contributed by atoms with Crippen LogP contribution in [0.5, 0.6) is 0 Å². The van der Waals surface area contributed by atoms with Crippen LogP contribution in [0.15, 0.2) is 64.5 Å². The highest BCUT2D eigenvalue weighted by molar-refractivity contribution is 7.99. The van der Waals surface area contributed by atoms with Crippen LogP contribution >= 0.6 is 11.8 Å². The lowest BCUT2D eigenvalue weighted by Gasteiger charge is -2.27. The molecule has 0 bridgehead atoms. The predicted molar refractivity (Wildman–Crippen MR) is 124 cm³/mol. The maximum Gasteiger partial charge on any atom is 0.262 e. The lowest BCUT2D eigenvalue weighted by Crippen LogP contribution is -2.37. The molecule has 6 heteroatoms. The molecule has 5 nitrogen and oxygen atoms in total. The largest absolute Gasteiger partial charge is 0.335 e. The third kappa shape index (κ3) is 5.30. The lowest BCUT2D eigenvalue weighted by molar-refractivity contribution is -0.130. The first-order chi connectivity index (χ1) is 14.4. The Kier molecular flexibility index (Phi) is 7.32. The van der Waals surface area contributed by atoms with E-state index in [1.165, 1.54) is 11.8 Å². The van der Waals surface area contributed by atoms with Gasteiger partial charge in [0.1, 0.15) is 0 Å². The van der Waals surface area contributed by atoms with Gasteiger partial charge in [-0.15, -0.1) is 0 Å². The monoisotopic (exact) mass is 423 g/mol. The summed E-state index contributed by atoms with van der Waals surface area (Å²) in [6.45, 7) is 9.33. The third-order valence-corrected chi connectivity index (χ3v) is 5.80. The van der Waals surface area contributed by atoms with Gasteiger partial charge in [0, 0.05) is 19.1 Å². The standard InChI is InChI=1S/C24H29N3O2S/c1-17(2)14-27-23(29)20-12-8-9-13-21(20)25-24(27)30-16-22(28)26(18(3)4)15-19-10-6-5-7-11-19/h5-13,17-18H,14-16H2,1-4H3. The van der Waals surface area contributed by atoms with E-state index in [4.69, 9.17) is 4.98 Å². The summed E-state index contributed by atoms with van der Waals surface area (Å²) in [5.41, 5.74) is 1.72. The van der Waals surface area contributed by atoms with Crippen LogP contribution in [0.1, 0.15) is 33.3 Å². The molecule has 3 rings (SSSR count). The Morgan fingerprint density at radius 2 is 1.70 bits per heavy atom. The number of hydrogen-bond donors (Lipinski definition) is 0. The summed E-state index contributed by atoms with van der Waals surface area (Å²) in [4.78, 5) is 32.6. The minimum absolute atomic E-state index is 0.0392. The number of para-hydroxylation sites is 1. The van der Waals surface area contributed by atoms with Gasteiger partial charge >= 0.3 is 0 Å². The number of carbonyl (C=O) groups is 1. The van der Waals surface area contributed by atoms with E-state index in [9.17, 15) is 9.59 Å². The molecule has 0 saturated carbocycles. The van der Waals surface area contributed by atoms with E-state index < -0.39 is 0 Å². The van der Waals surface area contributed by atoms with E-state index in [1.807, 2.05) is 67.3 Å². The van der Waals surface area contributed by atoms with Gasteiger partial charge in [-0.3, -0.25) is 14.2 Å². The molecule has 158 valence electrons. The van der Waals surface area contributed by atoms with Gasteiger partial charge in [0.15, 0.2) is 5.16 Å². The van der Waals surface area contributed by atoms with E-state index in [0.717, 1.165) is 5.56 Å². The normalized spacial score (nSPS) is 11.4. The van der Waals surface area contributed by atoms with Gasteiger partial charge in [0.25, 0.3) is 5.56 Å². The van der Waals surface area contributed by atoms with E-state index in [2.05, 4.69) is 13.8 Å². The fourth-order valence-electron chi connectivity index (χ4n) is 3.33. The van der Waals surface area contributed by atoms with Gasteiger partial charge in [-0.25, -0.2) is 4.98 Å². The Balaban J connectivity index is 1.84. The Morgan fingerprint density at radius 1 is 1.03 bits per heavy atom. The summed E-state index contributed by atoms with van der Waals surface area (Å²) in [6.07, 6.45) is 0. The molecule has 1 aromatic heterocycles. The van der Waals surface area contributed by atoms with E-state index in [1.54, 1.807) is 10.6 Å². The molecule has 0 aliphatic heterocycles. The van der Waals surface area contributed by atoms with Crippen molar-refractivity contribution in [2.75, 3.05) is 5.75 Å². The number of aromatic nitrogens is 2. The zero-order chi connectivity index (χ0) is 21.7. The first-order valence-electron chi connectivity index (χ1n) is 10.3. The van der Waals surface area contributed by atoms with Crippen molar-refractivity contribution < 1.29 is 4.79 Å². The van der Waals surface area contributed by atoms with Crippen LogP contribution in [0.3, 0.4) is 0 Å². The highest BCUT2D eigenvalue weighted by Crippen LogP contribution is 2.20. The number of nitrogens with zero attached hydrogens (tertiary/aromatic N) is 3. The SMILES string of the molecule is CC(C)Cn1c(SCC(=O)N(Cc2ccccc2)C(C)C)nc2ccccc2c1=O. The molecule has 0 spiro atoms. The maximum absolute atomic E-state index is 13.0. The van der Waals surface area contributed by atoms with Gasteiger partial charge in [0.05, 0.1) is 16.7 Å². The smallest absolute Gasteiger partial charge is 0.262 e. The van der Waals surface area contributed by atoms with Crippen molar-refractivity contribution >= 4 is 28.6 Å².